The van der Waals surface area contributed by atoms with Crippen molar-refractivity contribution in [1.82, 2.24) is 0 Å². The van der Waals surface area contributed by atoms with Crippen LogP contribution in [0.25, 0.3) is 0 Å². The largest absolute Gasteiger partial charge is 0.497 e. The van der Waals surface area contributed by atoms with Crippen LogP contribution >= 0.6 is 0 Å². The second-order valence-electron chi connectivity index (χ2n) is 6.85. The summed E-state index contributed by atoms with van der Waals surface area (Å²) in [5.74, 6) is 2.66. The smallest absolute Gasteiger partial charge is 0.203 e. The summed E-state index contributed by atoms with van der Waals surface area (Å²) >= 11 is 0. The number of methoxy groups -OCH3 is 4. The molecule has 2 atom stereocenters. The van der Waals surface area contributed by atoms with Crippen LogP contribution in [0.15, 0.2) is 36.4 Å². The van der Waals surface area contributed by atoms with E-state index in [0.717, 1.165) is 21.8 Å². The summed E-state index contributed by atoms with van der Waals surface area (Å²) < 4.78 is 27.1. The Morgan fingerprint density at radius 1 is 0.862 bits per heavy atom. The molecule has 0 aliphatic carbocycles. The van der Waals surface area contributed by atoms with Crippen LogP contribution in [0, 0.1) is 0 Å². The summed E-state index contributed by atoms with van der Waals surface area (Å²) in [7, 11) is 8.44. The zero-order valence-corrected chi connectivity index (χ0v) is 17.9. The van der Waals surface area contributed by atoms with E-state index in [1.165, 1.54) is 0 Å². The molecule has 0 fully saturated rings. The van der Waals surface area contributed by atoms with E-state index in [4.69, 9.17) is 23.7 Å². The van der Waals surface area contributed by atoms with Crippen LogP contribution in [0.5, 0.6) is 23.0 Å². The van der Waals surface area contributed by atoms with Crippen molar-refractivity contribution in [3.05, 3.63) is 47.5 Å². The molecule has 160 valence electrons. The molecule has 0 aliphatic rings. The van der Waals surface area contributed by atoms with E-state index in [2.05, 4.69) is 0 Å². The van der Waals surface area contributed by atoms with Gasteiger partial charge in [0.25, 0.3) is 0 Å². The van der Waals surface area contributed by atoms with Gasteiger partial charge in [0.2, 0.25) is 5.75 Å². The summed E-state index contributed by atoms with van der Waals surface area (Å²) in [6.07, 6.45) is -0.570. The van der Waals surface area contributed by atoms with Crippen LogP contribution in [0.3, 0.4) is 0 Å². The van der Waals surface area contributed by atoms with E-state index in [1.54, 1.807) is 28.4 Å². The number of rotatable bonds is 12. The fourth-order valence-corrected chi connectivity index (χ4v) is 3.20. The molecule has 0 spiro atoms. The molecule has 0 amide bonds. The normalized spacial score (nSPS) is 12.9. The molecule has 0 saturated heterocycles. The zero-order chi connectivity index (χ0) is 21.2. The average molecular weight is 406 g/mol. The summed E-state index contributed by atoms with van der Waals surface area (Å²) in [6, 6.07) is 11.5. The zero-order valence-electron chi connectivity index (χ0n) is 17.9. The maximum atomic E-state index is 10.3. The first-order chi connectivity index (χ1) is 14.0. The van der Waals surface area contributed by atoms with E-state index < -0.39 is 6.10 Å². The number of quaternary nitrogens is 1. The van der Waals surface area contributed by atoms with Gasteiger partial charge in [0.1, 0.15) is 24.9 Å². The van der Waals surface area contributed by atoms with E-state index >= 15 is 0 Å². The third kappa shape index (κ3) is 6.52. The van der Waals surface area contributed by atoms with Crippen molar-refractivity contribution >= 4 is 0 Å². The number of ether oxygens (including phenoxy) is 5. The van der Waals surface area contributed by atoms with Crippen LogP contribution in [0.4, 0.5) is 0 Å². The summed E-state index contributed by atoms with van der Waals surface area (Å²) in [5.41, 5.74) is 2.02. The average Bonchev–Trinajstić information content (AvgIpc) is 2.73. The van der Waals surface area contributed by atoms with E-state index in [0.29, 0.717) is 36.9 Å². The highest BCUT2D eigenvalue weighted by Gasteiger charge is 2.19. The van der Waals surface area contributed by atoms with Gasteiger partial charge < -0.3 is 33.7 Å². The lowest BCUT2D eigenvalue weighted by atomic mass is 10.1. The molecule has 0 saturated carbocycles. The summed E-state index contributed by atoms with van der Waals surface area (Å²) in [5, 5.41) is 10.3. The maximum absolute atomic E-state index is 10.3. The summed E-state index contributed by atoms with van der Waals surface area (Å²) in [6.45, 7) is 1.93. The van der Waals surface area contributed by atoms with Crippen molar-refractivity contribution in [3.63, 3.8) is 0 Å². The SMILES string of the molecule is COc1ccc(COC[C@@H](O)C[NH+](C)Cc2ccc(OC)c(OC)c2OC)cc1. The van der Waals surface area contributed by atoms with Gasteiger partial charge in [-0.1, -0.05) is 12.1 Å². The van der Waals surface area contributed by atoms with Gasteiger partial charge in [0.15, 0.2) is 11.5 Å². The van der Waals surface area contributed by atoms with Crippen molar-refractivity contribution in [2.45, 2.75) is 19.3 Å². The predicted molar refractivity (Wildman–Crippen MR) is 110 cm³/mol. The molecule has 0 heterocycles. The van der Waals surface area contributed by atoms with Gasteiger partial charge >= 0.3 is 0 Å². The molecule has 29 heavy (non-hydrogen) atoms. The number of likely N-dealkylation sites (N-methyl/N-ethyl adjacent to an activating group) is 1. The number of aliphatic hydroxyl groups is 1. The molecule has 2 aromatic carbocycles. The lowest BCUT2D eigenvalue weighted by Crippen LogP contribution is -3.08. The lowest BCUT2D eigenvalue weighted by Gasteiger charge is -2.21. The molecule has 1 unspecified atom stereocenters. The van der Waals surface area contributed by atoms with Gasteiger partial charge in [-0.25, -0.2) is 0 Å². The topological polar surface area (TPSA) is 70.8 Å². The van der Waals surface area contributed by atoms with Gasteiger partial charge in [0, 0.05) is 0 Å². The Labute approximate surface area is 172 Å². The van der Waals surface area contributed by atoms with Gasteiger partial charge in [0.05, 0.1) is 54.3 Å². The highest BCUT2D eigenvalue weighted by Crippen LogP contribution is 2.39. The second-order valence-corrected chi connectivity index (χ2v) is 6.85. The molecule has 7 heteroatoms. The van der Waals surface area contributed by atoms with Crippen LogP contribution in [-0.2, 0) is 17.9 Å². The monoisotopic (exact) mass is 406 g/mol. The standard InChI is InChI=1S/C22H31NO6/c1-23(12-17-8-11-20(26-3)22(28-5)21(17)27-4)13-18(24)15-29-14-16-6-9-19(25-2)10-7-16/h6-11,18,24H,12-15H2,1-5H3/p+1/t18-/m0/s1. The Bertz CT molecular complexity index is 750. The van der Waals surface area contributed by atoms with Crippen molar-refractivity contribution in [1.29, 1.82) is 0 Å². The minimum Gasteiger partial charge on any atom is -0.497 e. The first-order valence-corrected chi connectivity index (χ1v) is 9.50. The van der Waals surface area contributed by atoms with Crippen LogP contribution in [-0.4, -0.2) is 59.8 Å². The number of nitrogens with one attached hydrogen (secondary N) is 1. The van der Waals surface area contributed by atoms with Gasteiger partial charge in [-0.15, -0.1) is 0 Å². The molecule has 7 nitrogen and oxygen atoms in total. The fourth-order valence-electron chi connectivity index (χ4n) is 3.20. The molecule has 0 aromatic heterocycles. The van der Waals surface area contributed by atoms with E-state index in [9.17, 15) is 5.11 Å². The van der Waals surface area contributed by atoms with Crippen LogP contribution in [0.1, 0.15) is 11.1 Å². The maximum Gasteiger partial charge on any atom is 0.203 e. The first kappa shape index (κ1) is 22.8. The Kier molecular flexibility index (Phi) is 9.05. The molecule has 2 N–H and O–H groups in total. The Morgan fingerprint density at radius 3 is 2.14 bits per heavy atom. The number of hydrogen-bond acceptors (Lipinski definition) is 6. The highest BCUT2D eigenvalue weighted by atomic mass is 16.5. The Balaban J connectivity index is 1.85. The van der Waals surface area contributed by atoms with Gasteiger partial charge in [-0.3, -0.25) is 0 Å². The number of benzene rings is 2. The molecular formula is C22H32NO6+. The number of aliphatic hydroxyl groups excluding tert-OH is 1. The molecule has 2 aromatic rings. The quantitative estimate of drug-likeness (QED) is 0.554. The Hall–Kier alpha value is -2.48. The summed E-state index contributed by atoms with van der Waals surface area (Å²) in [4.78, 5) is 1.12. The van der Waals surface area contributed by atoms with Crippen LogP contribution in [0.2, 0.25) is 0 Å². The molecule has 0 aliphatic heterocycles. The molecule has 0 radical (unpaired) electrons. The van der Waals surface area contributed by atoms with Crippen molar-refractivity contribution in [3.8, 4) is 23.0 Å². The van der Waals surface area contributed by atoms with E-state index in [1.807, 2.05) is 43.4 Å². The van der Waals surface area contributed by atoms with Crippen LogP contribution < -0.4 is 23.8 Å². The van der Waals surface area contributed by atoms with E-state index in [-0.39, 0.29) is 6.61 Å². The minimum atomic E-state index is -0.570. The molecule has 0 bridgehead atoms. The van der Waals surface area contributed by atoms with Gasteiger partial charge in [-0.05, 0) is 29.8 Å². The Morgan fingerprint density at radius 2 is 1.55 bits per heavy atom. The molecule has 2 rings (SSSR count). The lowest BCUT2D eigenvalue weighted by molar-refractivity contribution is -0.897. The first-order valence-electron chi connectivity index (χ1n) is 9.50. The van der Waals surface area contributed by atoms with Crippen molar-refractivity contribution in [2.24, 2.45) is 0 Å². The number of hydrogen-bond donors (Lipinski definition) is 2. The minimum absolute atomic E-state index is 0.270. The highest BCUT2D eigenvalue weighted by molar-refractivity contribution is 5.55. The second kappa shape index (κ2) is 11.5. The predicted octanol–water partition coefficient (Wildman–Crippen LogP) is 1.31. The van der Waals surface area contributed by atoms with Crippen molar-refractivity contribution in [2.75, 3.05) is 48.6 Å². The fraction of sp³-hybridized carbons (Fsp3) is 0.455. The van der Waals surface area contributed by atoms with Crippen molar-refractivity contribution < 1.29 is 33.7 Å². The van der Waals surface area contributed by atoms with Gasteiger partial charge in [-0.2, -0.15) is 0 Å². The molecular weight excluding hydrogens is 374 g/mol. The third-order valence-corrected chi connectivity index (χ3v) is 4.60. The third-order valence-electron chi connectivity index (χ3n) is 4.60.